The van der Waals surface area contributed by atoms with E-state index in [1.54, 1.807) is 0 Å². The summed E-state index contributed by atoms with van der Waals surface area (Å²) < 4.78 is 5.84. The van der Waals surface area contributed by atoms with Gasteiger partial charge in [0.1, 0.15) is 5.60 Å². The van der Waals surface area contributed by atoms with Crippen LogP contribution in [0.25, 0.3) is 0 Å². The molecule has 5 nitrogen and oxygen atoms in total. The second kappa shape index (κ2) is 6.64. The number of fused-ring (bicyclic) bond motifs is 1. The van der Waals surface area contributed by atoms with Gasteiger partial charge in [0.2, 0.25) is 0 Å². The van der Waals surface area contributed by atoms with Gasteiger partial charge in [0.25, 0.3) is 0 Å². The predicted octanol–water partition coefficient (Wildman–Crippen LogP) is 3.69. The molecule has 1 aromatic carbocycles. The van der Waals surface area contributed by atoms with Gasteiger partial charge in [0.05, 0.1) is 5.69 Å². The van der Waals surface area contributed by atoms with Gasteiger partial charge in [0, 0.05) is 12.5 Å². The Bertz CT molecular complexity index is 777. The topological polar surface area (TPSA) is 64.1 Å². The molecule has 1 fully saturated rings. The van der Waals surface area contributed by atoms with Crippen molar-refractivity contribution in [3.63, 3.8) is 0 Å². The molecule has 2 aromatic rings. The Morgan fingerprint density at radius 2 is 2.08 bits per heavy atom. The molecule has 25 heavy (non-hydrogen) atoms. The van der Waals surface area contributed by atoms with Gasteiger partial charge in [-0.1, -0.05) is 41.9 Å². The van der Waals surface area contributed by atoms with Crippen LogP contribution in [0.3, 0.4) is 0 Å². The third kappa shape index (κ3) is 3.61. The van der Waals surface area contributed by atoms with E-state index in [1.807, 2.05) is 36.4 Å². The Hall–Kier alpha value is -2.14. The minimum absolute atomic E-state index is 0.322. The predicted molar refractivity (Wildman–Crippen MR) is 94.3 cm³/mol. The lowest BCUT2D eigenvalue weighted by atomic mass is 9.82. The van der Waals surface area contributed by atoms with Crippen molar-refractivity contribution in [1.29, 1.82) is 0 Å². The second-order valence-electron chi connectivity index (χ2n) is 6.87. The number of benzene rings is 1. The number of amides is 1. The largest absolute Gasteiger partial charge is 0.443 e. The minimum atomic E-state index is -0.335. The molecule has 130 valence electrons. The van der Waals surface area contributed by atoms with Crippen molar-refractivity contribution in [2.24, 2.45) is 5.92 Å². The Labute approximate surface area is 151 Å². The summed E-state index contributed by atoms with van der Waals surface area (Å²) in [5.74, 6) is 0.322. The zero-order chi connectivity index (χ0) is 17.3. The van der Waals surface area contributed by atoms with Gasteiger partial charge >= 0.3 is 6.09 Å². The van der Waals surface area contributed by atoms with Crippen LogP contribution in [0.2, 0.25) is 5.15 Å². The Morgan fingerprint density at radius 3 is 2.84 bits per heavy atom. The fourth-order valence-electron chi connectivity index (χ4n) is 3.65. The van der Waals surface area contributed by atoms with Crippen LogP contribution < -0.4 is 5.32 Å². The first-order valence-corrected chi connectivity index (χ1v) is 9.04. The van der Waals surface area contributed by atoms with Crippen molar-refractivity contribution in [2.45, 2.75) is 44.2 Å². The zero-order valence-corrected chi connectivity index (χ0v) is 14.6. The lowest BCUT2D eigenvalue weighted by Gasteiger charge is -2.30. The molecule has 1 unspecified atom stereocenters. The van der Waals surface area contributed by atoms with Gasteiger partial charge in [-0.25, -0.2) is 4.79 Å². The molecule has 1 atom stereocenters. The van der Waals surface area contributed by atoms with Crippen LogP contribution in [0, 0.1) is 5.92 Å². The molecule has 0 aliphatic heterocycles. The van der Waals surface area contributed by atoms with Crippen LogP contribution in [0.1, 0.15) is 36.1 Å². The van der Waals surface area contributed by atoms with E-state index in [9.17, 15) is 4.79 Å². The Morgan fingerprint density at radius 1 is 1.28 bits per heavy atom. The number of rotatable bonds is 4. The van der Waals surface area contributed by atoms with Crippen LogP contribution in [0.4, 0.5) is 4.79 Å². The maximum atomic E-state index is 12.2. The standard InChI is InChI=1S/C19H20ClN3O2/c20-17-11-14-10-15(6-7-16(14)22-23-17)19(8-9-19)25-18(24)21-12-13-4-2-1-3-5-13/h1-5,11,15H,6-10,12H2,(H,21,24). The normalized spacial score (nSPS) is 20.4. The van der Waals surface area contributed by atoms with Gasteiger partial charge in [-0.05, 0) is 49.3 Å². The molecule has 0 spiro atoms. The molecule has 1 aromatic heterocycles. The van der Waals surface area contributed by atoms with E-state index in [1.165, 1.54) is 0 Å². The van der Waals surface area contributed by atoms with Crippen molar-refractivity contribution in [1.82, 2.24) is 15.5 Å². The maximum absolute atomic E-state index is 12.2. The first kappa shape index (κ1) is 16.3. The molecule has 0 radical (unpaired) electrons. The average Bonchev–Trinajstić information content (AvgIpc) is 3.41. The number of alkyl carbamates (subject to hydrolysis) is 1. The summed E-state index contributed by atoms with van der Waals surface area (Å²) >= 11 is 5.97. The highest BCUT2D eigenvalue weighted by Gasteiger charge is 2.53. The summed E-state index contributed by atoms with van der Waals surface area (Å²) in [7, 11) is 0. The van der Waals surface area contributed by atoms with Gasteiger partial charge in [-0.2, -0.15) is 5.10 Å². The number of ether oxygens (including phenoxy) is 1. The lowest BCUT2D eigenvalue weighted by molar-refractivity contribution is 0.0370. The number of nitrogens with one attached hydrogen (secondary N) is 1. The first-order chi connectivity index (χ1) is 12.1. The van der Waals surface area contributed by atoms with Crippen molar-refractivity contribution in [3.8, 4) is 0 Å². The lowest BCUT2D eigenvalue weighted by Crippen LogP contribution is -2.37. The van der Waals surface area contributed by atoms with Crippen molar-refractivity contribution in [2.75, 3.05) is 0 Å². The molecule has 1 saturated carbocycles. The highest BCUT2D eigenvalue weighted by Crippen LogP contribution is 2.50. The first-order valence-electron chi connectivity index (χ1n) is 8.66. The molecule has 4 rings (SSSR count). The number of aryl methyl sites for hydroxylation is 1. The van der Waals surface area contributed by atoms with E-state index in [2.05, 4.69) is 15.5 Å². The van der Waals surface area contributed by atoms with Gasteiger partial charge in [-0.15, -0.1) is 5.10 Å². The summed E-state index contributed by atoms with van der Waals surface area (Å²) in [6.07, 6.45) is 4.20. The molecule has 0 saturated heterocycles. The third-order valence-corrected chi connectivity index (χ3v) is 5.37. The van der Waals surface area contributed by atoms with Crippen LogP contribution in [-0.2, 0) is 24.1 Å². The Balaban J connectivity index is 1.37. The van der Waals surface area contributed by atoms with E-state index < -0.39 is 0 Å². The molecular weight excluding hydrogens is 338 g/mol. The number of aromatic nitrogens is 2. The third-order valence-electron chi connectivity index (χ3n) is 5.19. The number of halogens is 1. The smallest absolute Gasteiger partial charge is 0.407 e. The van der Waals surface area contributed by atoms with Gasteiger partial charge in [0.15, 0.2) is 5.15 Å². The van der Waals surface area contributed by atoms with Gasteiger partial charge in [-0.3, -0.25) is 0 Å². The summed E-state index contributed by atoms with van der Waals surface area (Å²) in [5.41, 5.74) is 2.89. The minimum Gasteiger partial charge on any atom is -0.443 e. The van der Waals surface area contributed by atoms with E-state index in [-0.39, 0.29) is 11.7 Å². The number of nitrogens with zero attached hydrogens (tertiary/aromatic N) is 2. The second-order valence-corrected chi connectivity index (χ2v) is 7.26. The maximum Gasteiger partial charge on any atom is 0.407 e. The van der Waals surface area contributed by atoms with Crippen LogP contribution in [0.5, 0.6) is 0 Å². The van der Waals surface area contributed by atoms with E-state index >= 15 is 0 Å². The van der Waals surface area contributed by atoms with E-state index in [0.29, 0.717) is 17.6 Å². The van der Waals surface area contributed by atoms with Crippen LogP contribution in [0.15, 0.2) is 36.4 Å². The van der Waals surface area contributed by atoms with Crippen LogP contribution >= 0.6 is 11.6 Å². The Kier molecular flexibility index (Phi) is 4.34. The molecule has 2 aliphatic carbocycles. The van der Waals surface area contributed by atoms with Crippen molar-refractivity contribution < 1.29 is 9.53 Å². The molecule has 6 heteroatoms. The average molecular weight is 358 g/mol. The van der Waals surface area contributed by atoms with E-state index in [4.69, 9.17) is 16.3 Å². The SMILES string of the molecule is O=C(NCc1ccccc1)OC1(C2CCc3nnc(Cl)cc3C2)CC1. The van der Waals surface area contributed by atoms with Crippen molar-refractivity contribution >= 4 is 17.7 Å². The summed E-state index contributed by atoms with van der Waals surface area (Å²) in [5, 5.41) is 11.4. The number of hydrogen-bond acceptors (Lipinski definition) is 4. The highest BCUT2D eigenvalue weighted by atomic mass is 35.5. The zero-order valence-electron chi connectivity index (χ0n) is 13.9. The molecule has 2 aliphatic rings. The summed E-state index contributed by atoms with van der Waals surface area (Å²) in [6, 6.07) is 11.7. The molecule has 0 bridgehead atoms. The summed E-state index contributed by atoms with van der Waals surface area (Å²) in [6.45, 7) is 0.481. The van der Waals surface area contributed by atoms with Gasteiger partial charge < -0.3 is 10.1 Å². The van der Waals surface area contributed by atoms with Crippen molar-refractivity contribution in [3.05, 3.63) is 58.4 Å². The molecule has 1 heterocycles. The highest BCUT2D eigenvalue weighted by molar-refractivity contribution is 6.29. The molecular formula is C19H20ClN3O2. The van der Waals surface area contributed by atoms with Crippen LogP contribution in [-0.4, -0.2) is 21.9 Å². The van der Waals surface area contributed by atoms with E-state index in [0.717, 1.165) is 48.9 Å². The number of carbonyl (C=O) groups excluding carboxylic acids is 1. The fraction of sp³-hybridized carbons (Fsp3) is 0.421. The number of hydrogen-bond donors (Lipinski definition) is 1. The summed E-state index contributed by atoms with van der Waals surface area (Å²) in [4.78, 5) is 12.2. The number of carbonyl (C=O) groups is 1. The monoisotopic (exact) mass is 357 g/mol. The molecule has 1 N–H and O–H groups in total. The molecule has 1 amide bonds. The fourth-order valence-corrected chi connectivity index (χ4v) is 3.82. The quantitative estimate of drug-likeness (QED) is 0.906.